The second-order valence-corrected chi connectivity index (χ2v) is 6.02. The van der Waals surface area contributed by atoms with Crippen LogP contribution in [0.5, 0.6) is 0 Å². The molecule has 2 aromatic rings. The molecule has 1 fully saturated rings. The Morgan fingerprint density at radius 1 is 0.731 bits per heavy atom. The summed E-state index contributed by atoms with van der Waals surface area (Å²) in [6.07, 6.45) is -2.24. The van der Waals surface area contributed by atoms with Crippen molar-refractivity contribution in [3.63, 3.8) is 0 Å². The van der Waals surface area contributed by atoms with Crippen molar-refractivity contribution in [1.82, 2.24) is 0 Å². The Kier molecular flexibility index (Phi) is 5.65. The Morgan fingerprint density at radius 3 is 1.42 bits per heavy atom. The van der Waals surface area contributed by atoms with Gasteiger partial charge in [-0.3, -0.25) is 0 Å². The molecule has 0 aromatic heterocycles. The molecule has 0 amide bonds. The number of rotatable bonds is 4. The van der Waals surface area contributed by atoms with E-state index >= 15 is 0 Å². The van der Waals surface area contributed by atoms with Gasteiger partial charge in [-0.15, -0.1) is 0 Å². The standard InChI is InChI=1S/C20H20O6/c1-13-3-7-15(8-4-13)17(21)25-19-20(24-12-11-23-19)26-18(22)16-9-5-14(2)6-10-16/h3-10,19-20H,11-12H2,1-2H3. The molecule has 0 saturated carbocycles. The first-order chi connectivity index (χ1) is 12.5. The van der Waals surface area contributed by atoms with Gasteiger partial charge in [0.1, 0.15) is 0 Å². The zero-order valence-corrected chi connectivity index (χ0v) is 14.6. The monoisotopic (exact) mass is 356 g/mol. The van der Waals surface area contributed by atoms with E-state index in [0.717, 1.165) is 11.1 Å². The van der Waals surface area contributed by atoms with E-state index in [1.807, 2.05) is 38.1 Å². The maximum Gasteiger partial charge on any atom is 0.340 e. The Hall–Kier alpha value is -2.70. The quantitative estimate of drug-likeness (QED) is 0.784. The summed E-state index contributed by atoms with van der Waals surface area (Å²) < 4.78 is 21.5. The van der Waals surface area contributed by atoms with Crippen molar-refractivity contribution in [2.45, 2.75) is 26.4 Å². The molecule has 1 aliphatic heterocycles. The lowest BCUT2D eigenvalue weighted by Crippen LogP contribution is -2.44. The van der Waals surface area contributed by atoms with Gasteiger partial charge in [-0.2, -0.15) is 0 Å². The van der Waals surface area contributed by atoms with Crippen LogP contribution in [0.4, 0.5) is 0 Å². The van der Waals surface area contributed by atoms with E-state index < -0.39 is 24.5 Å². The molecule has 1 aliphatic rings. The first-order valence-corrected chi connectivity index (χ1v) is 8.31. The van der Waals surface area contributed by atoms with Crippen molar-refractivity contribution in [2.75, 3.05) is 13.2 Å². The Morgan fingerprint density at radius 2 is 1.08 bits per heavy atom. The minimum atomic E-state index is -1.12. The fraction of sp³-hybridized carbons (Fsp3) is 0.300. The zero-order valence-electron chi connectivity index (χ0n) is 14.6. The topological polar surface area (TPSA) is 71.1 Å². The minimum absolute atomic E-state index is 0.241. The molecule has 3 rings (SSSR count). The van der Waals surface area contributed by atoms with E-state index in [0.29, 0.717) is 11.1 Å². The normalized spacial score (nSPS) is 19.6. The van der Waals surface area contributed by atoms with E-state index in [1.54, 1.807) is 24.3 Å². The molecular formula is C20H20O6. The van der Waals surface area contributed by atoms with Crippen LogP contribution in [0, 0.1) is 13.8 Å². The van der Waals surface area contributed by atoms with E-state index in [2.05, 4.69) is 0 Å². The van der Waals surface area contributed by atoms with Gasteiger partial charge in [0.25, 0.3) is 12.6 Å². The van der Waals surface area contributed by atoms with E-state index in [-0.39, 0.29) is 13.2 Å². The summed E-state index contributed by atoms with van der Waals surface area (Å²) >= 11 is 0. The smallest absolute Gasteiger partial charge is 0.340 e. The van der Waals surface area contributed by atoms with Crippen molar-refractivity contribution in [3.05, 3.63) is 70.8 Å². The lowest BCUT2D eigenvalue weighted by molar-refractivity contribution is -0.288. The average Bonchev–Trinajstić information content (AvgIpc) is 2.64. The molecule has 6 nitrogen and oxygen atoms in total. The van der Waals surface area contributed by atoms with Gasteiger partial charge in [0.15, 0.2) is 0 Å². The van der Waals surface area contributed by atoms with E-state index in [4.69, 9.17) is 18.9 Å². The van der Waals surface area contributed by atoms with Crippen LogP contribution in [0.2, 0.25) is 0 Å². The van der Waals surface area contributed by atoms with Gasteiger partial charge in [0.05, 0.1) is 24.3 Å². The summed E-state index contributed by atoms with van der Waals surface area (Å²) in [5.74, 6) is -1.14. The van der Waals surface area contributed by atoms with E-state index in [9.17, 15) is 9.59 Å². The Labute approximate surface area is 151 Å². The molecule has 0 aliphatic carbocycles. The molecule has 0 spiro atoms. The number of ether oxygens (including phenoxy) is 4. The number of aryl methyl sites for hydroxylation is 2. The van der Waals surface area contributed by atoms with Crippen LogP contribution in [0.25, 0.3) is 0 Å². The number of carbonyl (C=O) groups excluding carboxylic acids is 2. The molecule has 1 heterocycles. The van der Waals surface area contributed by atoms with Crippen LogP contribution in [-0.4, -0.2) is 37.7 Å². The number of benzene rings is 2. The third-order valence-electron chi connectivity index (χ3n) is 3.89. The van der Waals surface area contributed by atoms with E-state index in [1.165, 1.54) is 0 Å². The second kappa shape index (κ2) is 8.12. The fourth-order valence-electron chi connectivity index (χ4n) is 2.39. The molecule has 0 radical (unpaired) electrons. The second-order valence-electron chi connectivity index (χ2n) is 6.02. The van der Waals surface area contributed by atoms with Crippen molar-refractivity contribution in [3.8, 4) is 0 Å². The number of esters is 2. The number of carbonyl (C=O) groups is 2. The highest BCUT2D eigenvalue weighted by Crippen LogP contribution is 2.18. The molecule has 6 heteroatoms. The molecule has 0 bridgehead atoms. The van der Waals surface area contributed by atoms with Gasteiger partial charge in [-0.25, -0.2) is 9.59 Å². The predicted octanol–water partition coefficient (Wildman–Crippen LogP) is 3.02. The molecule has 136 valence electrons. The summed E-state index contributed by atoms with van der Waals surface area (Å²) in [6.45, 7) is 4.33. The Balaban J connectivity index is 1.65. The molecule has 1 saturated heterocycles. The van der Waals surface area contributed by atoms with Gasteiger partial charge in [0, 0.05) is 0 Å². The molecule has 2 aromatic carbocycles. The summed E-state index contributed by atoms with van der Waals surface area (Å²) in [4.78, 5) is 24.5. The summed E-state index contributed by atoms with van der Waals surface area (Å²) in [5, 5.41) is 0. The highest BCUT2D eigenvalue weighted by Gasteiger charge is 2.34. The largest absolute Gasteiger partial charge is 0.425 e. The van der Waals surface area contributed by atoms with Crippen LogP contribution < -0.4 is 0 Å². The lowest BCUT2D eigenvalue weighted by atomic mass is 10.1. The maximum absolute atomic E-state index is 12.3. The van der Waals surface area contributed by atoms with Gasteiger partial charge in [0.2, 0.25) is 0 Å². The summed E-state index contributed by atoms with van der Waals surface area (Å²) in [5.41, 5.74) is 2.83. The zero-order chi connectivity index (χ0) is 18.5. The van der Waals surface area contributed by atoms with Gasteiger partial charge in [-0.05, 0) is 38.1 Å². The first-order valence-electron chi connectivity index (χ1n) is 8.31. The predicted molar refractivity (Wildman–Crippen MR) is 92.7 cm³/mol. The average molecular weight is 356 g/mol. The first kappa shape index (κ1) is 18.1. The molecule has 2 unspecified atom stereocenters. The molecule has 2 atom stereocenters. The van der Waals surface area contributed by atoms with Gasteiger partial charge >= 0.3 is 11.9 Å². The maximum atomic E-state index is 12.3. The fourth-order valence-corrected chi connectivity index (χ4v) is 2.39. The number of hydrogen-bond acceptors (Lipinski definition) is 6. The SMILES string of the molecule is Cc1ccc(C(=O)OC2OCCOC2OC(=O)c2ccc(C)cc2)cc1. The van der Waals surface area contributed by atoms with Crippen LogP contribution in [0.1, 0.15) is 31.8 Å². The minimum Gasteiger partial charge on any atom is -0.425 e. The highest BCUT2D eigenvalue weighted by molar-refractivity contribution is 5.90. The van der Waals surface area contributed by atoms with Crippen LogP contribution in [0.15, 0.2) is 48.5 Å². The molecule has 26 heavy (non-hydrogen) atoms. The highest BCUT2D eigenvalue weighted by atomic mass is 16.8. The van der Waals surface area contributed by atoms with Crippen LogP contribution >= 0.6 is 0 Å². The van der Waals surface area contributed by atoms with Crippen LogP contribution in [0.3, 0.4) is 0 Å². The van der Waals surface area contributed by atoms with Gasteiger partial charge < -0.3 is 18.9 Å². The number of hydrogen-bond donors (Lipinski definition) is 0. The van der Waals surface area contributed by atoms with Crippen molar-refractivity contribution >= 4 is 11.9 Å². The molecule has 0 N–H and O–H groups in total. The lowest BCUT2D eigenvalue weighted by Gasteiger charge is -2.30. The third-order valence-corrected chi connectivity index (χ3v) is 3.89. The molecular weight excluding hydrogens is 336 g/mol. The summed E-state index contributed by atoms with van der Waals surface area (Å²) in [6, 6.07) is 13.9. The van der Waals surface area contributed by atoms with Crippen molar-refractivity contribution in [2.24, 2.45) is 0 Å². The van der Waals surface area contributed by atoms with Gasteiger partial charge in [-0.1, -0.05) is 35.4 Å². The Bertz CT molecular complexity index is 698. The van der Waals surface area contributed by atoms with Crippen LogP contribution in [-0.2, 0) is 18.9 Å². The van der Waals surface area contributed by atoms with Crippen molar-refractivity contribution in [1.29, 1.82) is 0 Å². The summed E-state index contributed by atoms with van der Waals surface area (Å²) in [7, 11) is 0. The third kappa shape index (κ3) is 4.47. The van der Waals surface area contributed by atoms with Crippen molar-refractivity contribution < 1.29 is 28.5 Å².